The van der Waals surface area contributed by atoms with Gasteiger partial charge in [-0.15, -0.1) is 15.0 Å². The Morgan fingerprint density at radius 1 is 0.815 bits per heavy atom. The second-order valence-electron chi connectivity index (χ2n) is 5.85. The van der Waals surface area contributed by atoms with E-state index in [-0.39, 0.29) is 11.7 Å². The molecule has 0 aliphatic heterocycles. The molecule has 0 unspecified atom stereocenters. The van der Waals surface area contributed by atoms with E-state index >= 15 is 0 Å². The van der Waals surface area contributed by atoms with Crippen LogP contribution in [0.3, 0.4) is 0 Å². The Labute approximate surface area is 155 Å². The van der Waals surface area contributed by atoms with Crippen molar-refractivity contribution < 1.29 is 9.18 Å². The normalized spacial score (nSPS) is 10.6. The first-order valence-corrected chi connectivity index (χ1v) is 8.36. The van der Waals surface area contributed by atoms with Crippen molar-refractivity contribution in [1.29, 1.82) is 0 Å². The highest BCUT2D eigenvalue weighted by molar-refractivity contribution is 6.05. The summed E-state index contributed by atoms with van der Waals surface area (Å²) in [5.41, 5.74) is 2.46. The van der Waals surface area contributed by atoms with Gasteiger partial charge in [-0.2, -0.15) is 0 Å². The number of benzene rings is 3. The highest BCUT2D eigenvalue weighted by Gasteiger charge is 2.17. The van der Waals surface area contributed by atoms with Gasteiger partial charge in [0.25, 0.3) is 5.91 Å². The van der Waals surface area contributed by atoms with Gasteiger partial charge in [0.15, 0.2) is 5.82 Å². The summed E-state index contributed by atoms with van der Waals surface area (Å²) in [6.45, 7) is 0. The molecule has 4 rings (SSSR count). The van der Waals surface area contributed by atoms with Gasteiger partial charge in [0.2, 0.25) is 0 Å². The summed E-state index contributed by atoms with van der Waals surface area (Å²) in [7, 11) is 0. The van der Waals surface area contributed by atoms with E-state index in [1.54, 1.807) is 36.4 Å². The van der Waals surface area contributed by atoms with Crippen LogP contribution in [-0.2, 0) is 0 Å². The molecule has 6 heteroatoms. The molecule has 1 heterocycles. The first kappa shape index (κ1) is 16.7. The highest BCUT2D eigenvalue weighted by Crippen LogP contribution is 2.25. The highest BCUT2D eigenvalue weighted by atomic mass is 19.1. The average Bonchev–Trinajstić information content (AvgIpc) is 3.13. The number of carbonyl (C=O) groups is 1. The van der Waals surface area contributed by atoms with E-state index in [0.29, 0.717) is 22.8 Å². The molecule has 0 bridgehead atoms. The molecule has 3 aromatic carbocycles. The third-order valence-corrected chi connectivity index (χ3v) is 3.99. The fraction of sp³-hybridized carbons (Fsp3) is 0. The molecule has 5 nitrogen and oxygen atoms in total. The van der Waals surface area contributed by atoms with Crippen LogP contribution in [0.2, 0.25) is 0 Å². The molecular formula is C21H15FN4O. The molecule has 0 radical (unpaired) electrons. The van der Waals surface area contributed by atoms with Gasteiger partial charge in [-0.05, 0) is 36.4 Å². The molecule has 4 aromatic rings. The van der Waals surface area contributed by atoms with Crippen molar-refractivity contribution in [3.05, 3.63) is 96.3 Å². The molecule has 1 aromatic heterocycles. The summed E-state index contributed by atoms with van der Waals surface area (Å²) < 4.78 is 13.2. The number of nitrogens with one attached hydrogen (secondary N) is 1. The lowest BCUT2D eigenvalue weighted by Gasteiger charge is -2.03. The monoisotopic (exact) mass is 358 g/mol. The lowest BCUT2D eigenvalue weighted by atomic mass is 10.1. The van der Waals surface area contributed by atoms with Crippen LogP contribution >= 0.6 is 0 Å². The fourth-order valence-electron chi connectivity index (χ4n) is 2.64. The predicted molar refractivity (Wildman–Crippen MR) is 101 cm³/mol. The van der Waals surface area contributed by atoms with Crippen LogP contribution in [0, 0.1) is 5.82 Å². The Hall–Kier alpha value is -3.80. The lowest BCUT2D eigenvalue weighted by Crippen LogP contribution is -2.13. The van der Waals surface area contributed by atoms with Crippen LogP contribution in [0.5, 0.6) is 0 Å². The fourth-order valence-corrected chi connectivity index (χ4v) is 2.64. The maximum atomic E-state index is 13.2. The number of nitrogens with zero attached hydrogens (tertiary/aromatic N) is 3. The minimum atomic E-state index is -0.341. The number of aromatic nitrogens is 3. The average molecular weight is 358 g/mol. The number of hydrogen-bond acceptors (Lipinski definition) is 3. The van der Waals surface area contributed by atoms with E-state index in [9.17, 15) is 9.18 Å². The standard InChI is InChI=1S/C21H15FN4O/c22-17-11-13-18(14-12-17)26-24-19(15-7-3-1-4-8-15)20(25-26)23-21(27)16-9-5-2-6-10-16/h1-14H,(H,23,25,27). The van der Waals surface area contributed by atoms with Crippen molar-refractivity contribution in [1.82, 2.24) is 15.0 Å². The van der Waals surface area contributed by atoms with Crippen LogP contribution in [0.15, 0.2) is 84.9 Å². The number of rotatable bonds is 4. The molecule has 0 aliphatic rings. The minimum Gasteiger partial charge on any atom is -0.303 e. The second kappa shape index (κ2) is 7.21. The Morgan fingerprint density at radius 3 is 2.11 bits per heavy atom. The predicted octanol–water partition coefficient (Wildman–Crippen LogP) is 4.33. The summed E-state index contributed by atoms with van der Waals surface area (Å²) in [4.78, 5) is 13.9. The van der Waals surface area contributed by atoms with Crippen molar-refractivity contribution in [3.63, 3.8) is 0 Å². The van der Waals surface area contributed by atoms with E-state index < -0.39 is 0 Å². The summed E-state index contributed by atoms with van der Waals surface area (Å²) >= 11 is 0. The Kier molecular flexibility index (Phi) is 4.45. The zero-order chi connectivity index (χ0) is 18.6. The maximum Gasteiger partial charge on any atom is 0.256 e. The van der Waals surface area contributed by atoms with Crippen molar-refractivity contribution in [2.24, 2.45) is 0 Å². The lowest BCUT2D eigenvalue weighted by molar-refractivity contribution is 0.102. The number of hydrogen-bond donors (Lipinski definition) is 1. The zero-order valence-electron chi connectivity index (χ0n) is 14.2. The third-order valence-electron chi connectivity index (χ3n) is 3.99. The molecular weight excluding hydrogens is 343 g/mol. The van der Waals surface area contributed by atoms with Crippen molar-refractivity contribution in [2.75, 3.05) is 5.32 Å². The molecule has 0 atom stereocenters. The van der Waals surface area contributed by atoms with Gasteiger partial charge in [-0.1, -0.05) is 48.5 Å². The molecule has 0 saturated heterocycles. The summed E-state index contributed by atoms with van der Waals surface area (Å²) in [6.07, 6.45) is 0. The van der Waals surface area contributed by atoms with Crippen LogP contribution in [0.4, 0.5) is 10.2 Å². The molecule has 27 heavy (non-hydrogen) atoms. The maximum absolute atomic E-state index is 13.2. The van der Waals surface area contributed by atoms with Crippen molar-refractivity contribution >= 4 is 11.7 Å². The Morgan fingerprint density at radius 2 is 1.44 bits per heavy atom. The molecule has 0 fully saturated rings. The van der Waals surface area contributed by atoms with Gasteiger partial charge in [-0.3, -0.25) is 4.79 Å². The smallest absolute Gasteiger partial charge is 0.256 e. The third kappa shape index (κ3) is 3.59. The van der Waals surface area contributed by atoms with E-state index in [4.69, 9.17) is 0 Å². The van der Waals surface area contributed by atoms with Crippen LogP contribution < -0.4 is 5.32 Å². The van der Waals surface area contributed by atoms with Crippen molar-refractivity contribution in [2.45, 2.75) is 0 Å². The second-order valence-corrected chi connectivity index (χ2v) is 5.85. The first-order valence-electron chi connectivity index (χ1n) is 8.36. The first-order chi connectivity index (χ1) is 13.2. The quantitative estimate of drug-likeness (QED) is 0.591. The molecule has 0 spiro atoms. The van der Waals surface area contributed by atoms with E-state index in [1.165, 1.54) is 16.9 Å². The Balaban J connectivity index is 1.74. The zero-order valence-corrected chi connectivity index (χ0v) is 14.2. The molecule has 0 saturated carbocycles. The molecule has 0 aliphatic carbocycles. The molecule has 1 N–H and O–H groups in total. The number of amides is 1. The van der Waals surface area contributed by atoms with Crippen molar-refractivity contribution in [3.8, 4) is 16.9 Å². The number of anilines is 1. The van der Waals surface area contributed by atoms with Crippen LogP contribution in [-0.4, -0.2) is 20.9 Å². The SMILES string of the molecule is O=C(Nc1nn(-c2ccc(F)cc2)nc1-c1ccccc1)c1ccccc1. The van der Waals surface area contributed by atoms with Gasteiger partial charge in [0.05, 0.1) is 5.69 Å². The number of halogens is 1. The van der Waals surface area contributed by atoms with Gasteiger partial charge in [0.1, 0.15) is 11.5 Å². The van der Waals surface area contributed by atoms with E-state index in [2.05, 4.69) is 15.5 Å². The minimum absolute atomic E-state index is 0.279. The van der Waals surface area contributed by atoms with Gasteiger partial charge in [0, 0.05) is 11.1 Å². The summed E-state index contributed by atoms with van der Waals surface area (Å²) in [6, 6.07) is 24.1. The molecule has 1 amide bonds. The van der Waals surface area contributed by atoms with E-state index in [1.807, 2.05) is 36.4 Å². The van der Waals surface area contributed by atoms with Gasteiger partial charge < -0.3 is 5.32 Å². The van der Waals surface area contributed by atoms with Gasteiger partial charge in [-0.25, -0.2) is 4.39 Å². The number of carbonyl (C=O) groups excluding carboxylic acids is 1. The topological polar surface area (TPSA) is 59.8 Å². The Bertz CT molecular complexity index is 1060. The largest absolute Gasteiger partial charge is 0.303 e. The van der Waals surface area contributed by atoms with Crippen LogP contribution in [0.1, 0.15) is 10.4 Å². The van der Waals surface area contributed by atoms with E-state index in [0.717, 1.165) is 5.56 Å². The summed E-state index contributed by atoms with van der Waals surface area (Å²) in [5, 5.41) is 11.7. The summed E-state index contributed by atoms with van der Waals surface area (Å²) in [5.74, 6) is -0.287. The molecule has 132 valence electrons. The van der Waals surface area contributed by atoms with Gasteiger partial charge >= 0.3 is 0 Å². The van der Waals surface area contributed by atoms with Crippen LogP contribution in [0.25, 0.3) is 16.9 Å².